The molecule has 0 spiro atoms. The number of pyridine rings is 2. The maximum atomic E-state index is 6.09. The third kappa shape index (κ3) is 1.95. The summed E-state index contributed by atoms with van der Waals surface area (Å²) in [6, 6.07) is 12.0. The van der Waals surface area contributed by atoms with Gasteiger partial charge in [-0.2, -0.15) is 0 Å². The van der Waals surface area contributed by atoms with E-state index in [-0.39, 0.29) is 0 Å². The van der Waals surface area contributed by atoms with Crippen LogP contribution in [0.1, 0.15) is 5.56 Å². The number of rotatable bonds is 1. The van der Waals surface area contributed by atoms with Gasteiger partial charge in [-0.3, -0.25) is 4.98 Å². The molecule has 0 atom stereocenters. The van der Waals surface area contributed by atoms with Crippen LogP contribution in [0.15, 0.2) is 48.8 Å². The van der Waals surface area contributed by atoms with Crippen molar-refractivity contribution in [2.24, 2.45) is 0 Å². The van der Waals surface area contributed by atoms with Gasteiger partial charge in [-0.1, -0.05) is 23.2 Å². The van der Waals surface area contributed by atoms with Crippen LogP contribution in [0.2, 0.25) is 5.15 Å². The van der Waals surface area contributed by atoms with Gasteiger partial charge in [-0.05, 0) is 48.4 Å². The van der Waals surface area contributed by atoms with Crippen molar-refractivity contribution in [3.8, 4) is 11.1 Å². The molecule has 1 aromatic carbocycles. The number of aromatic nitrogens is 2. The van der Waals surface area contributed by atoms with Crippen molar-refractivity contribution < 1.29 is 0 Å². The molecule has 0 N–H and O–H groups in total. The number of nitrogens with zero attached hydrogens (tertiary/aromatic N) is 2. The molecule has 3 heteroatoms. The summed E-state index contributed by atoms with van der Waals surface area (Å²) in [5.74, 6) is 0. The van der Waals surface area contributed by atoms with Gasteiger partial charge in [0.1, 0.15) is 5.15 Å². The molecule has 0 amide bonds. The van der Waals surface area contributed by atoms with Gasteiger partial charge in [0.25, 0.3) is 0 Å². The van der Waals surface area contributed by atoms with Crippen molar-refractivity contribution >= 4 is 22.5 Å². The predicted molar refractivity (Wildman–Crippen MR) is 74.7 cm³/mol. The van der Waals surface area contributed by atoms with Gasteiger partial charge in [0.2, 0.25) is 0 Å². The molecule has 0 radical (unpaired) electrons. The van der Waals surface area contributed by atoms with Crippen LogP contribution < -0.4 is 0 Å². The van der Waals surface area contributed by atoms with Crippen molar-refractivity contribution in [3.05, 3.63) is 59.5 Å². The van der Waals surface area contributed by atoms with Crippen molar-refractivity contribution in [1.82, 2.24) is 9.97 Å². The molecule has 0 fully saturated rings. The average molecular weight is 255 g/mol. The normalized spacial score (nSPS) is 10.8. The minimum Gasteiger partial charge on any atom is -0.265 e. The molecule has 2 nitrogen and oxygen atoms in total. The Kier molecular flexibility index (Phi) is 2.73. The van der Waals surface area contributed by atoms with E-state index in [0.29, 0.717) is 5.15 Å². The van der Waals surface area contributed by atoms with Gasteiger partial charge >= 0.3 is 0 Å². The molecule has 0 aliphatic rings. The van der Waals surface area contributed by atoms with E-state index < -0.39 is 0 Å². The minimum absolute atomic E-state index is 0.512. The lowest BCUT2D eigenvalue weighted by Crippen LogP contribution is -1.87. The number of halogens is 1. The van der Waals surface area contributed by atoms with E-state index in [2.05, 4.69) is 23.0 Å². The largest absolute Gasteiger partial charge is 0.265 e. The van der Waals surface area contributed by atoms with E-state index >= 15 is 0 Å². The highest BCUT2D eigenvalue weighted by Crippen LogP contribution is 2.30. The molecule has 0 aliphatic heterocycles. The number of hydrogen-bond acceptors (Lipinski definition) is 2. The summed E-state index contributed by atoms with van der Waals surface area (Å²) >= 11 is 6.09. The summed E-state index contributed by atoms with van der Waals surface area (Å²) in [4.78, 5) is 8.40. The molecule has 0 unspecified atom stereocenters. The predicted octanol–water partition coefficient (Wildman–Crippen LogP) is 4.26. The molecule has 88 valence electrons. The Labute approximate surface area is 110 Å². The summed E-state index contributed by atoms with van der Waals surface area (Å²) in [5.41, 5.74) is 4.32. The summed E-state index contributed by atoms with van der Waals surface area (Å²) in [6.07, 6.45) is 3.57. The molecule has 0 bridgehead atoms. The fourth-order valence-corrected chi connectivity index (χ4v) is 2.28. The Morgan fingerprint density at radius 3 is 2.56 bits per heavy atom. The van der Waals surface area contributed by atoms with Gasteiger partial charge in [0, 0.05) is 17.8 Å². The first-order valence-corrected chi connectivity index (χ1v) is 6.09. The van der Waals surface area contributed by atoms with Crippen LogP contribution in [0, 0.1) is 6.92 Å². The quantitative estimate of drug-likeness (QED) is 0.607. The van der Waals surface area contributed by atoms with E-state index in [1.807, 2.05) is 30.3 Å². The topological polar surface area (TPSA) is 25.8 Å². The highest BCUT2D eigenvalue weighted by molar-refractivity contribution is 6.30. The van der Waals surface area contributed by atoms with Crippen LogP contribution in [0.5, 0.6) is 0 Å². The molecule has 3 rings (SSSR count). The molecular formula is C15H11ClN2. The molecular weight excluding hydrogens is 244 g/mol. The second-order valence-corrected chi connectivity index (χ2v) is 4.64. The summed E-state index contributed by atoms with van der Waals surface area (Å²) < 4.78 is 0. The van der Waals surface area contributed by atoms with Crippen molar-refractivity contribution in [1.29, 1.82) is 0 Å². The molecule has 18 heavy (non-hydrogen) atoms. The van der Waals surface area contributed by atoms with Crippen LogP contribution in [0.25, 0.3) is 22.0 Å². The lowest BCUT2D eigenvalue weighted by Gasteiger charge is -2.08. The standard InChI is InChI=1S/C15H11ClN2/c1-10-2-3-14-13(8-10)12(9-15(16)18-14)11-4-6-17-7-5-11/h2-9H,1H3. The second-order valence-electron chi connectivity index (χ2n) is 4.25. The van der Waals surface area contributed by atoms with E-state index in [9.17, 15) is 0 Å². The maximum absolute atomic E-state index is 6.09. The Morgan fingerprint density at radius 2 is 1.78 bits per heavy atom. The Balaban J connectivity index is 2.37. The van der Waals surface area contributed by atoms with Gasteiger partial charge in [0.15, 0.2) is 0 Å². The van der Waals surface area contributed by atoms with E-state index in [1.165, 1.54) is 5.56 Å². The first kappa shape index (κ1) is 11.2. The van der Waals surface area contributed by atoms with Gasteiger partial charge in [-0.15, -0.1) is 0 Å². The smallest absolute Gasteiger partial charge is 0.130 e. The highest BCUT2D eigenvalue weighted by atomic mass is 35.5. The van der Waals surface area contributed by atoms with Gasteiger partial charge < -0.3 is 0 Å². The first-order valence-electron chi connectivity index (χ1n) is 5.71. The molecule has 2 aromatic heterocycles. The van der Waals surface area contributed by atoms with E-state index in [1.54, 1.807) is 12.4 Å². The number of hydrogen-bond donors (Lipinski definition) is 0. The van der Waals surface area contributed by atoms with E-state index in [0.717, 1.165) is 22.0 Å². The SMILES string of the molecule is Cc1ccc2nc(Cl)cc(-c3ccncc3)c2c1. The Hall–Kier alpha value is -1.93. The zero-order valence-corrected chi connectivity index (χ0v) is 10.6. The Morgan fingerprint density at radius 1 is 1.00 bits per heavy atom. The lowest BCUT2D eigenvalue weighted by atomic mass is 10.0. The molecule has 0 aliphatic carbocycles. The minimum atomic E-state index is 0.512. The van der Waals surface area contributed by atoms with Crippen LogP contribution in [0.3, 0.4) is 0 Å². The fourth-order valence-electron chi connectivity index (χ4n) is 2.08. The average Bonchev–Trinajstić information content (AvgIpc) is 2.39. The van der Waals surface area contributed by atoms with Crippen molar-refractivity contribution in [3.63, 3.8) is 0 Å². The monoisotopic (exact) mass is 254 g/mol. The van der Waals surface area contributed by atoms with Gasteiger partial charge in [0.05, 0.1) is 5.52 Å². The van der Waals surface area contributed by atoms with Crippen LogP contribution in [-0.4, -0.2) is 9.97 Å². The van der Waals surface area contributed by atoms with Crippen molar-refractivity contribution in [2.75, 3.05) is 0 Å². The van der Waals surface area contributed by atoms with E-state index in [4.69, 9.17) is 11.6 Å². The van der Waals surface area contributed by atoms with Crippen LogP contribution in [0.4, 0.5) is 0 Å². The zero-order chi connectivity index (χ0) is 12.5. The molecule has 0 saturated heterocycles. The number of benzene rings is 1. The number of fused-ring (bicyclic) bond motifs is 1. The highest BCUT2D eigenvalue weighted by Gasteiger charge is 2.07. The molecule has 3 aromatic rings. The second kappa shape index (κ2) is 4.39. The van der Waals surface area contributed by atoms with Gasteiger partial charge in [-0.25, -0.2) is 4.98 Å². The van der Waals surface area contributed by atoms with Crippen LogP contribution in [-0.2, 0) is 0 Å². The third-order valence-corrected chi connectivity index (χ3v) is 3.12. The molecule has 0 saturated carbocycles. The van der Waals surface area contributed by atoms with Crippen LogP contribution >= 0.6 is 11.6 Å². The van der Waals surface area contributed by atoms with Crippen molar-refractivity contribution in [2.45, 2.75) is 6.92 Å². The maximum Gasteiger partial charge on any atom is 0.130 e. The lowest BCUT2D eigenvalue weighted by molar-refractivity contribution is 1.33. The number of aryl methyl sites for hydroxylation is 1. The zero-order valence-electron chi connectivity index (χ0n) is 9.89. The fraction of sp³-hybridized carbons (Fsp3) is 0.0667. The summed E-state index contributed by atoms with van der Waals surface area (Å²) in [5, 5.41) is 1.63. The Bertz CT molecular complexity index is 708. The summed E-state index contributed by atoms with van der Waals surface area (Å²) in [6.45, 7) is 2.07. The summed E-state index contributed by atoms with van der Waals surface area (Å²) in [7, 11) is 0. The first-order chi connectivity index (χ1) is 8.74. The third-order valence-electron chi connectivity index (χ3n) is 2.92. The molecule has 2 heterocycles.